The SMILES string of the molecule is CS(=O)(=O)CCC(N)C(=O)CC1CCOc2ccccc21. The second-order valence-corrected chi connectivity index (χ2v) is 7.83. The van der Waals surface area contributed by atoms with E-state index in [2.05, 4.69) is 0 Å². The minimum absolute atomic E-state index is 0.0513. The van der Waals surface area contributed by atoms with E-state index in [1.54, 1.807) is 0 Å². The Balaban J connectivity index is 1.97. The molecule has 2 unspecified atom stereocenters. The molecule has 2 N–H and O–H groups in total. The average Bonchev–Trinajstić information content (AvgIpc) is 2.44. The van der Waals surface area contributed by atoms with E-state index in [0.29, 0.717) is 13.0 Å². The summed E-state index contributed by atoms with van der Waals surface area (Å²) in [4.78, 5) is 12.2. The first-order valence-electron chi connectivity index (χ1n) is 7.04. The molecule has 116 valence electrons. The number of benzene rings is 1. The number of nitrogens with two attached hydrogens (primary N) is 1. The van der Waals surface area contributed by atoms with E-state index in [4.69, 9.17) is 10.5 Å². The van der Waals surface area contributed by atoms with Gasteiger partial charge in [-0.15, -0.1) is 0 Å². The van der Waals surface area contributed by atoms with Gasteiger partial charge in [0.1, 0.15) is 21.4 Å². The summed E-state index contributed by atoms with van der Waals surface area (Å²) in [7, 11) is -3.09. The summed E-state index contributed by atoms with van der Waals surface area (Å²) < 4.78 is 27.8. The molecule has 0 radical (unpaired) electrons. The summed E-state index contributed by atoms with van der Waals surface area (Å²) in [5.74, 6) is 0.794. The first-order chi connectivity index (χ1) is 9.87. The van der Waals surface area contributed by atoms with Gasteiger partial charge in [0.25, 0.3) is 0 Å². The fraction of sp³-hybridized carbons (Fsp3) is 0.533. The van der Waals surface area contributed by atoms with Gasteiger partial charge < -0.3 is 10.5 Å². The van der Waals surface area contributed by atoms with Gasteiger partial charge in [0.2, 0.25) is 0 Å². The van der Waals surface area contributed by atoms with Crippen molar-refractivity contribution in [3.05, 3.63) is 29.8 Å². The standard InChI is InChI=1S/C15H21NO4S/c1-21(18,19)9-7-13(16)14(17)10-11-6-8-20-15-5-3-2-4-12(11)15/h2-5,11,13H,6-10,16H2,1H3. The Morgan fingerprint density at radius 3 is 2.86 bits per heavy atom. The second kappa shape index (κ2) is 6.58. The quantitative estimate of drug-likeness (QED) is 0.855. The molecule has 21 heavy (non-hydrogen) atoms. The zero-order valence-corrected chi connectivity index (χ0v) is 12.9. The Bertz CT molecular complexity index is 612. The van der Waals surface area contributed by atoms with Crippen molar-refractivity contribution in [2.45, 2.75) is 31.2 Å². The van der Waals surface area contributed by atoms with E-state index in [-0.39, 0.29) is 23.9 Å². The van der Waals surface area contributed by atoms with E-state index in [1.807, 2.05) is 24.3 Å². The predicted octanol–water partition coefficient (Wildman–Crippen LogP) is 1.27. The predicted molar refractivity (Wildman–Crippen MR) is 81.2 cm³/mol. The largest absolute Gasteiger partial charge is 0.493 e. The van der Waals surface area contributed by atoms with Crippen molar-refractivity contribution >= 4 is 15.6 Å². The van der Waals surface area contributed by atoms with Crippen LogP contribution in [-0.4, -0.2) is 38.9 Å². The molecular formula is C15H21NO4S. The number of Topliss-reactive ketones (excluding diaryl/α,β-unsaturated/α-hetero) is 1. The van der Waals surface area contributed by atoms with Crippen LogP contribution in [0.4, 0.5) is 0 Å². The van der Waals surface area contributed by atoms with Gasteiger partial charge in [-0.3, -0.25) is 4.79 Å². The van der Waals surface area contributed by atoms with Crippen LogP contribution < -0.4 is 10.5 Å². The number of para-hydroxylation sites is 1. The first kappa shape index (κ1) is 16.0. The molecule has 0 aliphatic carbocycles. The van der Waals surface area contributed by atoms with Crippen molar-refractivity contribution in [3.63, 3.8) is 0 Å². The highest BCUT2D eigenvalue weighted by Gasteiger charge is 2.26. The lowest BCUT2D eigenvalue weighted by Gasteiger charge is -2.26. The zero-order chi connectivity index (χ0) is 15.5. The molecule has 1 aromatic rings. The number of hydrogen-bond donors (Lipinski definition) is 1. The van der Waals surface area contributed by atoms with Crippen LogP contribution in [0, 0.1) is 0 Å². The number of rotatable bonds is 6. The van der Waals surface area contributed by atoms with E-state index < -0.39 is 15.9 Å². The molecule has 0 saturated heterocycles. The molecule has 0 aromatic heterocycles. The van der Waals surface area contributed by atoms with Crippen molar-refractivity contribution < 1.29 is 17.9 Å². The third-order valence-electron chi connectivity index (χ3n) is 3.74. The number of hydrogen-bond acceptors (Lipinski definition) is 5. The van der Waals surface area contributed by atoms with E-state index in [0.717, 1.165) is 24.0 Å². The lowest BCUT2D eigenvalue weighted by Crippen LogP contribution is -2.34. The summed E-state index contributed by atoms with van der Waals surface area (Å²) in [6.45, 7) is 0.591. The summed E-state index contributed by atoms with van der Waals surface area (Å²) in [6, 6.07) is 6.98. The monoisotopic (exact) mass is 311 g/mol. The number of carbonyl (C=O) groups excluding carboxylic acids is 1. The maximum absolute atomic E-state index is 12.2. The van der Waals surface area contributed by atoms with Crippen LogP contribution in [-0.2, 0) is 14.6 Å². The van der Waals surface area contributed by atoms with Gasteiger partial charge in [0.05, 0.1) is 18.4 Å². The number of fused-ring (bicyclic) bond motifs is 1. The van der Waals surface area contributed by atoms with Gasteiger partial charge in [-0.05, 0) is 30.4 Å². The Morgan fingerprint density at radius 2 is 2.14 bits per heavy atom. The fourth-order valence-electron chi connectivity index (χ4n) is 2.52. The second-order valence-electron chi connectivity index (χ2n) is 5.57. The molecule has 0 amide bonds. The number of sulfone groups is 1. The van der Waals surface area contributed by atoms with Crippen LogP contribution in [0.1, 0.15) is 30.7 Å². The van der Waals surface area contributed by atoms with Crippen molar-refractivity contribution in [3.8, 4) is 5.75 Å². The fourth-order valence-corrected chi connectivity index (χ4v) is 3.21. The van der Waals surface area contributed by atoms with E-state index in [9.17, 15) is 13.2 Å². The van der Waals surface area contributed by atoms with Crippen LogP contribution in [0.5, 0.6) is 5.75 Å². The number of ketones is 1. The minimum Gasteiger partial charge on any atom is -0.493 e. The van der Waals surface area contributed by atoms with Gasteiger partial charge in [-0.2, -0.15) is 0 Å². The van der Waals surface area contributed by atoms with Gasteiger partial charge in [-0.25, -0.2) is 8.42 Å². The normalized spacial score (nSPS) is 19.4. The Kier molecular flexibility index (Phi) is 5.00. The molecule has 2 rings (SSSR count). The van der Waals surface area contributed by atoms with Crippen LogP contribution in [0.2, 0.25) is 0 Å². The van der Waals surface area contributed by atoms with E-state index >= 15 is 0 Å². The lowest BCUT2D eigenvalue weighted by atomic mass is 9.87. The smallest absolute Gasteiger partial charge is 0.150 e. The van der Waals surface area contributed by atoms with Gasteiger partial charge in [0, 0.05) is 12.7 Å². The van der Waals surface area contributed by atoms with Crippen LogP contribution in [0.25, 0.3) is 0 Å². The summed E-state index contributed by atoms with van der Waals surface area (Å²) in [5.41, 5.74) is 6.85. The average molecular weight is 311 g/mol. The first-order valence-corrected chi connectivity index (χ1v) is 9.10. The number of ether oxygens (including phenoxy) is 1. The molecule has 0 fully saturated rings. The minimum atomic E-state index is -3.09. The van der Waals surface area contributed by atoms with Crippen molar-refractivity contribution in [1.29, 1.82) is 0 Å². The van der Waals surface area contributed by atoms with Crippen LogP contribution >= 0.6 is 0 Å². The topological polar surface area (TPSA) is 86.5 Å². The van der Waals surface area contributed by atoms with E-state index in [1.165, 1.54) is 0 Å². The van der Waals surface area contributed by atoms with Crippen LogP contribution in [0.3, 0.4) is 0 Å². The molecule has 1 aliphatic rings. The van der Waals surface area contributed by atoms with Crippen LogP contribution in [0.15, 0.2) is 24.3 Å². The molecule has 1 aromatic carbocycles. The van der Waals surface area contributed by atoms with Gasteiger partial charge in [-0.1, -0.05) is 18.2 Å². The highest BCUT2D eigenvalue weighted by atomic mass is 32.2. The Labute approximate surface area is 125 Å². The summed E-state index contributed by atoms with van der Waals surface area (Å²) in [6.07, 6.45) is 2.45. The molecular weight excluding hydrogens is 290 g/mol. The summed E-state index contributed by atoms with van der Waals surface area (Å²) >= 11 is 0. The number of carbonyl (C=O) groups is 1. The van der Waals surface area contributed by atoms with Crippen molar-refractivity contribution in [2.75, 3.05) is 18.6 Å². The molecule has 1 aliphatic heterocycles. The highest BCUT2D eigenvalue weighted by molar-refractivity contribution is 7.90. The van der Waals surface area contributed by atoms with Crippen molar-refractivity contribution in [1.82, 2.24) is 0 Å². The third kappa shape index (κ3) is 4.54. The molecule has 1 heterocycles. The van der Waals surface area contributed by atoms with Gasteiger partial charge in [0.15, 0.2) is 0 Å². The summed E-state index contributed by atoms with van der Waals surface area (Å²) in [5, 5.41) is 0. The molecule has 0 spiro atoms. The maximum atomic E-state index is 12.2. The molecule has 6 heteroatoms. The zero-order valence-electron chi connectivity index (χ0n) is 12.1. The Hall–Kier alpha value is -1.40. The lowest BCUT2D eigenvalue weighted by molar-refractivity contribution is -0.120. The maximum Gasteiger partial charge on any atom is 0.150 e. The Morgan fingerprint density at radius 1 is 1.43 bits per heavy atom. The molecule has 5 nitrogen and oxygen atoms in total. The van der Waals surface area contributed by atoms with Gasteiger partial charge >= 0.3 is 0 Å². The van der Waals surface area contributed by atoms with Crippen molar-refractivity contribution in [2.24, 2.45) is 5.73 Å². The third-order valence-corrected chi connectivity index (χ3v) is 4.72. The molecule has 0 bridgehead atoms. The highest BCUT2D eigenvalue weighted by Crippen LogP contribution is 2.35. The molecule has 0 saturated carbocycles. The molecule has 2 atom stereocenters.